The molecule has 2 amide bonds. The molecule has 0 aliphatic carbocycles. The summed E-state index contributed by atoms with van der Waals surface area (Å²) in [5.74, 6) is -0.604. The number of para-hydroxylation sites is 1. The first-order valence-electron chi connectivity index (χ1n) is 9.11. The number of nitro groups is 1. The molecule has 3 rings (SSSR count). The number of carbonyl (C=O) groups excluding carboxylic acids is 2. The molecule has 8 nitrogen and oxygen atoms in total. The molecule has 1 heterocycles. The van der Waals surface area contributed by atoms with Crippen LogP contribution >= 0.6 is 23.1 Å². The van der Waals surface area contributed by atoms with Gasteiger partial charge in [-0.1, -0.05) is 71.6 Å². The van der Waals surface area contributed by atoms with Gasteiger partial charge in [0.2, 0.25) is 5.91 Å². The van der Waals surface area contributed by atoms with Crippen LogP contribution in [0, 0.1) is 10.1 Å². The van der Waals surface area contributed by atoms with Crippen LogP contribution in [0.1, 0.15) is 10.4 Å². The normalized spacial score (nSPS) is 10.3. The van der Waals surface area contributed by atoms with Gasteiger partial charge in [-0.3, -0.25) is 19.7 Å². The number of thiazole rings is 1. The van der Waals surface area contributed by atoms with Gasteiger partial charge in [0.25, 0.3) is 11.6 Å². The number of nitrogens with one attached hydrogen (secondary N) is 2. The predicted molar refractivity (Wildman–Crippen MR) is 123 cm³/mol. The minimum atomic E-state index is -0.603. The molecule has 0 spiro atoms. The number of benzene rings is 2. The van der Waals surface area contributed by atoms with Crippen LogP contribution in [0.4, 0.5) is 10.7 Å². The second-order valence-corrected chi connectivity index (χ2v) is 8.35. The fraction of sp³-hybridized carbons (Fsp3) is 0.0952. The van der Waals surface area contributed by atoms with Crippen LogP contribution in [-0.2, 0) is 4.79 Å². The maximum atomic E-state index is 12.8. The van der Waals surface area contributed by atoms with Gasteiger partial charge in [0.15, 0.2) is 4.34 Å². The molecule has 0 aliphatic heterocycles. The second-order valence-electron chi connectivity index (χ2n) is 6.13. The van der Waals surface area contributed by atoms with Crippen molar-refractivity contribution in [2.45, 2.75) is 4.34 Å². The number of carbonyl (C=O) groups is 2. The molecule has 0 saturated heterocycles. The van der Waals surface area contributed by atoms with Crippen molar-refractivity contribution in [3.8, 4) is 11.3 Å². The monoisotopic (exact) mass is 454 g/mol. The van der Waals surface area contributed by atoms with E-state index in [0.29, 0.717) is 21.6 Å². The average Bonchev–Trinajstić information content (AvgIpc) is 3.19. The molecule has 2 aromatic carbocycles. The quantitative estimate of drug-likeness (QED) is 0.215. The summed E-state index contributed by atoms with van der Waals surface area (Å²) in [4.78, 5) is 39.9. The summed E-state index contributed by atoms with van der Waals surface area (Å²) in [5.41, 5.74) is 0.989. The molecule has 0 aliphatic rings. The van der Waals surface area contributed by atoms with Gasteiger partial charge in [0, 0.05) is 18.2 Å². The molecule has 0 fully saturated rings. The Hall–Kier alpha value is -3.50. The first-order chi connectivity index (χ1) is 15.0. The number of hydrogen-bond acceptors (Lipinski definition) is 7. The molecule has 3 aromatic rings. The van der Waals surface area contributed by atoms with E-state index in [1.807, 2.05) is 30.3 Å². The Balaban J connectivity index is 1.87. The van der Waals surface area contributed by atoms with Crippen LogP contribution in [0.15, 0.2) is 71.6 Å². The Morgan fingerprint density at radius 3 is 2.58 bits per heavy atom. The zero-order valence-electron chi connectivity index (χ0n) is 16.2. The van der Waals surface area contributed by atoms with E-state index >= 15 is 0 Å². The fourth-order valence-electron chi connectivity index (χ4n) is 2.60. The zero-order chi connectivity index (χ0) is 22.2. The SMILES string of the molecule is C=CCNC(=O)CSc1nc(-c2ccccc2)c(NC(=O)c2ccccc2[N+](=O)[O-])s1. The second kappa shape index (κ2) is 10.5. The highest BCUT2D eigenvalue weighted by molar-refractivity contribution is 8.01. The summed E-state index contributed by atoms with van der Waals surface area (Å²) in [6.07, 6.45) is 1.59. The van der Waals surface area contributed by atoms with Crippen molar-refractivity contribution >= 4 is 45.6 Å². The van der Waals surface area contributed by atoms with Crippen molar-refractivity contribution in [2.24, 2.45) is 0 Å². The van der Waals surface area contributed by atoms with E-state index in [2.05, 4.69) is 22.2 Å². The maximum Gasteiger partial charge on any atom is 0.282 e. The number of anilines is 1. The third-order valence-electron chi connectivity index (χ3n) is 4.00. The van der Waals surface area contributed by atoms with Gasteiger partial charge < -0.3 is 10.6 Å². The Bertz CT molecular complexity index is 1120. The van der Waals surface area contributed by atoms with Gasteiger partial charge in [0.05, 0.1) is 10.7 Å². The Kier molecular flexibility index (Phi) is 7.52. The van der Waals surface area contributed by atoms with E-state index in [9.17, 15) is 19.7 Å². The minimum absolute atomic E-state index is 0.0436. The molecule has 0 bridgehead atoms. The third-order valence-corrected chi connectivity index (χ3v) is 6.11. The molecule has 31 heavy (non-hydrogen) atoms. The van der Waals surface area contributed by atoms with Crippen molar-refractivity contribution in [3.05, 3.63) is 82.9 Å². The largest absolute Gasteiger partial charge is 0.352 e. The third kappa shape index (κ3) is 5.77. The van der Waals surface area contributed by atoms with Crippen LogP contribution in [0.3, 0.4) is 0 Å². The number of hydrogen-bond donors (Lipinski definition) is 2. The van der Waals surface area contributed by atoms with E-state index in [1.165, 1.54) is 41.3 Å². The molecule has 2 N–H and O–H groups in total. The Morgan fingerprint density at radius 2 is 1.87 bits per heavy atom. The summed E-state index contributed by atoms with van der Waals surface area (Å²) in [6, 6.07) is 15.0. The Labute approximate surface area is 186 Å². The lowest BCUT2D eigenvalue weighted by Crippen LogP contribution is -2.24. The van der Waals surface area contributed by atoms with Gasteiger partial charge in [-0.15, -0.1) is 6.58 Å². The van der Waals surface area contributed by atoms with Crippen molar-refractivity contribution < 1.29 is 14.5 Å². The first-order valence-corrected chi connectivity index (χ1v) is 10.9. The molecule has 0 radical (unpaired) electrons. The molecular weight excluding hydrogens is 436 g/mol. The zero-order valence-corrected chi connectivity index (χ0v) is 17.9. The van der Waals surface area contributed by atoms with Gasteiger partial charge in [0.1, 0.15) is 16.3 Å². The number of amides is 2. The highest BCUT2D eigenvalue weighted by Crippen LogP contribution is 2.38. The molecular formula is C21H18N4O4S2. The van der Waals surface area contributed by atoms with E-state index < -0.39 is 10.8 Å². The number of rotatable bonds is 9. The van der Waals surface area contributed by atoms with Gasteiger partial charge >= 0.3 is 0 Å². The number of nitro benzene ring substituents is 1. The van der Waals surface area contributed by atoms with Crippen molar-refractivity contribution in [1.29, 1.82) is 0 Å². The van der Waals surface area contributed by atoms with E-state index in [4.69, 9.17) is 0 Å². The summed E-state index contributed by atoms with van der Waals surface area (Å²) in [6.45, 7) is 3.93. The topological polar surface area (TPSA) is 114 Å². The highest BCUT2D eigenvalue weighted by atomic mass is 32.2. The van der Waals surface area contributed by atoms with Crippen LogP contribution in [-0.4, -0.2) is 34.0 Å². The van der Waals surface area contributed by atoms with Crippen LogP contribution in [0.25, 0.3) is 11.3 Å². The Morgan fingerprint density at radius 1 is 1.16 bits per heavy atom. The van der Waals surface area contributed by atoms with Gasteiger partial charge in [-0.25, -0.2) is 4.98 Å². The average molecular weight is 455 g/mol. The van der Waals surface area contributed by atoms with Gasteiger partial charge in [-0.05, 0) is 6.07 Å². The van der Waals surface area contributed by atoms with E-state index in [0.717, 1.165) is 5.56 Å². The lowest BCUT2D eigenvalue weighted by Gasteiger charge is -2.06. The lowest BCUT2D eigenvalue weighted by atomic mass is 10.1. The van der Waals surface area contributed by atoms with Crippen molar-refractivity contribution in [2.75, 3.05) is 17.6 Å². The van der Waals surface area contributed by atoms with Crippen molar-refractivity contribution in [1.82, 2.24) is 10.3 Å². The first kappa shape index (κ1) is 22.2. The highest BCUT2D eigenvalue weighted by Gasteiger charge is 2.22. The smallest absolute Gasteiger partial charge is 0.282 e. The molecule has 10 heteroatoms. The predicted octanol–water partition coefficient (Wildman–Crippen LogP) is 4.36. The van der Waals surface area contributed by atoms with Crippen LogP contribution < -0.4 is 10.6 Å². The summed E-state index contributed by atoms with van der Waals surface area (Å²) in [5, 5.41) is 17.2. The lowest BCUT2D eigenvalue weighted by molar-refractivity contribution is -0.385. The van der Waals surface area contributed by atoms with E-state index in [1.54, 1.807) is 12.1 Å². The summed E-state index contributed by atoms with van der Waals surface area (Å²) in [7, 11) is 0. The number of aromatic nitrogens is 1. The minimum Gasteiger partial charge on any atom is -0.352 e. The molecule has 0 unspecified atom stereocenters. The van der Waals surface area contributed by atoms with E-state index in [-0.39, 0.29) is 22.9 Å². The summed E-state index contributed by atoms with van der Waals surface area (Å²) >= 11 is 2.45. The van der Waals surface area contributed by atoms with Gasteiger partial charge in [-0.2, -0.15) is 0 Å². The number of nitrogens with zero attached hydrogens (tertiary/aromatic N) is 2. The number of thioether (sulfide) groups is 1. The fourth-order valence-corrected chi connectivity index (χ4v) is 4.49. The van der Waals surface area contributed by atoms with Crippen LogP contribution in [0.2, 0.25) is 0 Å². The maximum absolute atomic E-state index is 12.8. The molecule has 158 valence electrons. The standard InChI is InChI=1S/C21H18N4O4S2/c1-2-12-22-17(26)13-30-21-23-18(14-8-4-3-5-9-14)20(31-21)24-19(27)15-10-6-7-11-16(15)25(28)29/h2-11H,1,12-13H2,(H,22,26)(H,24,27). The summed E-state index contributed by atoms with van der Waals surface area (Å²) < 4.78 is 0.588. The molecule has 0 atom stereocenters. The molecule has 0 saturated carbocycles. The van der Waals surface area contributed by atoms with Crippen molar-refractivity contribution in [3.63, 3.8) is 0 Å². The molecule has 1 aromatic heterocycles. The van der Waals surface area contributed by atoms with Crippen LogP contribution in [0.5, 0.6) is 0 Å².